The highest BCUT2D eigenvalue weighted by atomic mass is 79.9. The molecule has 2 rings (SSSR count). The van der Waals surface area contributed by atoms with Crippen LogP contribution in [0.15, 0.2) is 45.3 Å². The van der Waals surface area contributed by atoms with Crippen LogP contribution in [0.3, 0.4) is 0 Å². The summed E-state index contributed by atoms with van der Waals surface area (Å²) in [5.41, 5.74) is 9.83. The lowest BCUT2D eigenvalue weighted by atomic mass is 9.96. The van der Waals surface area contributed by atoms with E-state index in [1.807, 2.05) is 18.2 Å². The number of nitrogens with two attached hydrogens (primary N) is 1. The Bertz CT molecular complexity index is 613. The highest BCUT2D eigenvalue weighted by Crippen LogP contribution is 2.28. The standard InChI is InChI=1S/C16H17Br2NO/c1-10-7-12(17)3-5-14(10)15(19)9-11-8-13(18)4-6-16(11)20-2/h3-8,15H,9,19H2,1-2H3. The molecule has 0 bridgehead atoms. The van der Waals surface area contributed by atoms with Crippen LogP contribution in [0, 0.1) is 6.92 Å². The van der Waals surface area contributed by atoms with Crippen molar-refractivity contribution in [1.29, 1.82) is 0 Å². The average Bonchev–Trinajstić information content (AvgIpc) is 2.38. The van der Waals surface area contributed by atoms with Crippen molar-refractivity contribution >= 4 is 31.9 Å². The largest absolute Gasteiger partial charge is 0.496 e. The molecule has 106 valence electrons. The molecule has 1 atom stereocenters. The van der Waals surface area contributed by atoms with Gasteiger partial charge in [-0.3, -0.25) is 0 Å². The zero-order valence-electron chi connectivity index (χ0n) is 11.5. The van der Waals surface area contributed by atoms with Crippen molar-refractivity contribution in [3.05, 3.63) is 62.0 Å². The molecule has 0 saturated heterocycles. The van der Waals surface area contributed by atoms with Crippen LogP contribution in [-0.2, 0) is 6.42 Å². The molecular formula is C16H17Br2NO. The summed E-state index contributed by atoms with van der Waals surface area (Å²) in [7, 11) is 1.68. The first-order valence-electron chi connectivity index (χ1n) is 6.35. The molecule has 2 N–H and O–H groups in total. The third kappa shape index (κ3) is 3.62. The minimum absolute atomic E-state index is 0.0497. The summed E-state index contributed by atoms with van der Waals surface area (Å²) in [6.45, 7) is 2.08. The molecule has 20 heavy (non-hydrogen) atoms. The number of aryl methyl sites for hydroxylation is 1. The first-order chi connectivity index (χ1) is 9.51. The van der Waals surface area contributed by atoms with Crippen LogP contribution in [0.25, 0.3) is 0 Å². The van der Waals surface area contributed by atoms with Crippen LogP contribution in [0.5, 0.6) is 5.75 Å². The van der Waals surface area contributed by atoms with Crippen molar-refractivity contribution in [2.75, 3.05) is 7.11 Å². The zero-order chi connectivity index (χ0) is 14.7. The fourth-order valence-electron chi connectivity index (χ4n) is 2.31. The molecule has 0 aliphatic carbocycles. The predicted octanol–water partition coefficient (Wildman–Crippen LogP) is 4.77. The van der Waals surface area contributed by atoms with Crippen molar-refractivity contribution < 1.29 is 4.74 Å². The van der Waals surface area contributed by atoms with E-state index in [1.54, 1.807) is 7.11 Å². The van der Waals surface area contributed by atoms with E-state index in [0.717, 1.165) is 32.2 Å². The molecule has 1 unspecified atom stereocenters. The molecule has 0 fully saturated rings. The number of rotatable bonds is 4. The van der Waals surface area contributed by atoms with Crippen LogP contribution >= 0.6 is 31.9 Å². The maximum atomic E-state index is 6.37. The van der Waals surface area contributed by atoms with Gasteiger partial charge in [-0.1, -0.05) is 37.9 Å². The van der Waals surface area contributed by atoms with Crippen LogP contribution in [0.2, 0.25) is 0 Å². The SMILES string of the molecule is COc1ccc(Br)cc1CC(N)c1ccc(Br)cc1C. The highest BCUT2D eigenvalue weighted by molar-refractivity contribution is 9.10. The van der Waals surface area contributed by atoms with Crippen LogP contribution in [-0.4, -0.2) is 7.11 Å². The lowest BCUT2D eigenvalue weighted by Gasteiger charge is -2.17. The molecule has 2 aromatic carbocycles. The lowest BCUT2D eigenvalue weighted by Crippen LogP contribution is -2.15. The summed E-state index contributed by atoms with van der Waals surface area (Å²) >= 11 is 6.97. The molecule has 0 aliphatic rings. The minimum atomic E-state index is -0.0497. The van der Waals surface area contributed by atoms with E-state index in [1.165, 1.54) is 5.56 Å². The smallest absolute Gasteiger partial charge is 0.122 e. The topological polar surface area (TPSA) is 35.2 Å². The van der Waals surface area contributed by atoms with E-state index in [9.17, 15) is 0 Å². The molecule has 2 aromatic rings. The summed E-state index contributed by atoms with van der Waals surface area (Å²) in [4.78, 5) is 0. The molecule has 4 heteroatoms. The Hall–Kier alpha value is -0.840. The number of ether oxygens (including phenoxy) is 1. The zero-order valence-corrected chi connectivity index (χ0v) is 14.7. The Balaban J connectivity index is 2.27. The maximum absolute atomic E-state index is 6.37. The third-order valence-electron chi connectivity index (χ3n) is 3.31. The van der Waals surface area contributed by atoms with Crippen molar-refractivity contribution in [3.63, 3.8) is 0 Å². The number of hydrogen-bond acceptors (Lipinski definition) is 2. The first kappa shape index (κ1) is 15.5. The average molecular weight is 399 g/mol. The van der Waals surface area contributed by atoms with Gasteiger partial charge in [0.2, 0.25) is 0 Å². The van der Waals surface area contributed by atoms with Crippen molar-refractivity contribution in [3.8, 4) is 5.75 Å². The number of hydrogen-bond donors (Lipinski definition) is 1. The van der Waals surface area contributed by atoms with Gasteiger partial charge in [0.1, 0.15) is 5.75 Å². The van der Waals surface area contributed by atoms with Gasteiger partial charge in [0.25, 0.3) is 0 Å². The fraction of sp³-hybridized carbons (Fsp3) is 0.250. The van der Waals surface area contributed by atoms with Gasteiger partial charge in [0.15, 0.2) is 0 Å². The van der Waals surface area contributed by atoms with E-state index in [-0.39, 0.29) is 6.04 Å². The van der Waals surface area contributed by atoms with Crippen molar-refractivity contribution in [1.82, 2.24) is 0 Å². The first-order valence-corrected chi connectivity index (χ1v) is 7.94. The molecule has 0 aromatic heterocycles. The minimum Gasteiger partial charge on any atom is -0.496 e. The van der Waals surface area contributed by atoms with E-state index >= 15 is 0 Å². The summed E-state index contributed by atoms with van der Waals surface area (Å²) in [5.74, 6) is 0.874. The van der Waals surface area contributed by atoms with Gasteiger partial charge >= 0.3 is 0 Å². The third-order valence-corrected chi connectivity index (χ3v) is 4.30. The number of halogens is 2. The normalized spacial score (nSPS) is 12.2. The molecule has 0 aliphatic heterocycles. The van der Waals surface area contributed by atoms with Crippen molar-refractivity contribution in [2.45, 2.75) is 19.4 Å². The van der Waals surface area contributed by atoms with Gasteiger partial charge in [0, 0.05) is 15.0 Å². The highest BCUT2D eigenvalue weighted by Gasteiger charge is 2.13. The Labute approximate surface area is 136 Å². The predicted molar refractivity (Wildman–Crippen MR) is 90.2 cm³/mol. The second-order valence-electron chi connectivity index (χ2n) is 4.77. The molecule has 0 saturated carbocycles. The summed E-state index contributed by atoms with van der Waals surface area (Å²) in [6.07, 6.45) is 0.741. The number of methoxy groups -OCH3 is 1. The Morgan fingerprint density at radius 3 is 2.40 bits per heavy atom. The Morgan fingerprint density at radius 2 is 1.75 bits per heavy atom. The van der Waals surface area contributed by atoms with Crippen LogP contribution < -0.4 is 10.5 Å². The van der Waals surface area contributed by atoms with Crippen molar-refractivity contribution in [2.24, 2.45) is 5.73 Å². The van der Waals surface area contributed by atoms with Crippen LogP contribution in [0.4, 0.5) is 0 Å². The maximum Gasteiger partial charge on any atom is 0.122 e. The van der Waals surface area contributed by atoms with E-state index in [4.69, 9.17) is 10.5 Å². The molecule has 0 amide bonds. The van der Waals surface area contributed by atoms with Gasteiger partial charge < -0.3 is 10.5 Å². The Morgan fingerprint density at radius 1 is 1.10 bits per heavy atom. The molecule has 0 spiro atoms. The number of benzene rings is 2. The molecule has 0 radical (unpaired) electrons. The fourth-order valence-corrected chi connectivity index (χ4v) is 3.19. The molecule has 0 heterocycles. The second kappa shape index (κ2) is 6.74. The summed E-state index contributed by atoms with van der Waals surface area (Å²) < 4.78 is 7.51. The van der Waals surface area contributed by atoms with Gasteiger partial charge in [-0.05, 0) is 60.4 Å². The van der Waals surface area contributed by atoms with Gasteiger partial charge in [-0.25, -0.2) is 0 Å². The lowest BCUT2D eigenvalue weighted by molar-refractivity contribution is 0.408. The van der Waals surface area contributed by atoms with E-state index in [2.05, 4.69) is 57.0 Å². The molecular weight excluding hydrogens is 382 g/mol. The summed E-state index contributed by atoms with van der Waals surface area (Å²) in [6, 6.07) is 12.1. The van der Waals surface area contributed by atoms with Gasteiger partial charge in [-0.15, -0.1) is 0 Å². The second-order valence-corrected chi connectivity index (χ2v) is 6.60. The van der Waals surface area contributed by atoms with E-state index in [0.29, 0.717) is 0 Å². The van der Waals surface area contributed by atoms with Crippen LogP contribution in [0.1, 0.15) is 22.7 Å². The molecule has 2 nitrogen and oxygen atoms in total. The Kier molecular flexibility index (Phi) is 5.24. The quantitative estimate of drug-likeness (QED) is 0.804. The summed E-state index contributed by atoms with van der Waals surface area (Å²) in [5, 5.41) is 0. The van der Waals surface area contributed by atoms with Gasteiger partial charge in [-0.2, -0.15) is 0 Å². The van der Waals surface area contributed by atoms with E-state index < -0.39 is 0 Å². The van der Waals surface area contributed by atoms with Gasteiger partial charge in [0.05, 0.1) is 7.11 Å². The monoisotopic (exact) mass is 397 g/mol.